The molecule has 1 aromatic heterocycles. The van der Waals surface area contributed by atoms with Crippen LogP contribution in [0.1, 0.15) is 38.5 Å². The van der Waals surface area contributed by atoms with Gasteiger partial charge in [0.2, 0.25) is 11.8 Å². The van der Waals surface area contributed by atoms with Gasteiger partial charge in [0.15, 0.2) is 5.16 Å². The molecule has 0 spiro atoms. The highest BCUT2D eigenvalue weighted by Crippen LogP contribution is 2.21. The molecule has 6 nitrogen and oxygen atoms in total. The number of hydrogen-bond donors (Lipinski definition) is 2. The van der Waals surface area contributed by atoms with E-state index >= 15 is 0 Å². The molecular formula is C17H28N4O2S. The summed E-state index contributed by atoms with van der Waals surface area (Å²) in [6.07, 6.45) is 9.34. The van der Waals surface area contributed by atoms with E-state index in [4.69, 9.17) is 9.47 Å². The van der Waals surface area contributed by atoms with Crippen LogP contribution in [0.2, 0.25) is 0 Å². The highest BCUT2D eigenvalue weighted by Gasteiger charge is 2.16. The molecule has 0 radical (unpaired) electrons. The van der Waals surface area contributed by atoms with E-state index in [1.165, 1.54) is 37.4 Å². The number of aromatic nitrogens is 2. The van der Waals surface area contributed by atoms with E-state index in [1.807, 2.05) is 12.3 Å². The van der Waals surface area contributed by atoms with Gasteiger partial charge in [-0.25, -0.2) is 0 Å². The number of hydrogen-bond acceptors (Lipinski definition) is 7. The Hall–Kier alpha value is -1.05. The first kappa shape index (κ1) is 17.8. The molecule has 2 aliphatic rings. The Labute approximate surface area is 148 Å². The summed E-state index contributed by atoms with van der Waals surface area (Å²) in [5.74, 6) is 1.21. The van der Waals surface area contributed by atoms with E-state index in [-0.39, 0.29) is 0 Å². The first-order valence-electron chi connectivity index (χ1n) is 8.99. The lowest BCUT2D eigenvalue weighted by Gasteiger charge is -2.24. The van der Waals surface area contributed by atoms with Crippen LogP contribution in [0, 0.1) is 0 Å². The van der Waals surface area contributed by atoms with E-state index < -0.39 is 0 Å². The number of thioether (sulfide) groups is 1. The van der Waals surface area contributed by atoms with Crippen molar-refractivity contribution in [3.05, 3.63) is 6.07 Å². The van der Waals surface area contributed by atoms with Crippen molar-refractivity contribution in [3.63, 3.8) is 0 Å². The molecule has 3 rings (SSSR count). The van der Waals surface area contributed by atoms with Crippen LogP contribution in [0.4, 0.5) is 0 Å². The number of piperidine rings is 2. The Morgan fingerprint density at radius 2 is 1.50 bits per heavy atom. The molecule has 2 aliphatic heterocycles. The Balaban J connectivity index is 1.55. The van der Waals surface area contributed by atoms with Gasteiger partial charge in [-0.05, 0) is 45.0 Å². The molecule has 0 aromatic carbocycles. The molecule has 2 fully saturated rings. The van der Waals surface area contributed by atoms with Gasteiger partial charge in [0, 0.05) is 12.1 Å². The second-order valence-corrected chi connectivity index (χ2v) is 7.22. The third-order valence-electron chi connectivity index (χ3n) is 4.53. The summed E-state index contributed by atoms with van der Waals surface area (Å²) in [4.78, 5) is 8.87. The number of rotatable bonds is 7. The minimum Gasteiger partial charge on any atom is -0.476 e. The zero-order valence-corrected chi connectivity index (χ0v) is 15.2. The lowest BCUT2D eigenvalue weighted by molar-refractivity contribution is 0.217. The molecule has 2 saturated heterocycles. The molecule has 0 saturated carbocycles. The van der Waals surface area contributed by atoms with Crippen LogP contribution in [0.3, 0.4) is 0 Å². The third-order valence-corrected chi connectivity index (χ3v) is 5.08. The molecule has 0 amide bonds. The monoisotopic (exact) mass is 352 g/mol. The summed E-state index contributed by atoms with van der Waals surface area (Å²) in [6.45, 7) is 3.45. The van der Waals surface area contributed by atoms with Gasteiger partial charge in [-0.3, -0.25) is 0 Å². The summed E-state index contributed by atoms with van der Waals surface area (Å²) in [5, 5.41) is 7.67. The molecule has 7 heteroatoms. The van der Waals surface area contributed by atoms with Gasteiger partial charge >= 0.3 is 0 Å². The predicted molar refractivity (Wildman–Crippen MR) is 96.1 cm³/mol. The molecule has 0 bridgehead atoms. The fraction of sp³-hybridized carbons (Fsp3) is 0.765. The average Bonchev–Trinajstić information content (AvgIpc) is 2.66. The van der Waals surface area contributed by atoms with Crippen LogP contribution < -0.4 is 20.1 Å². The zero-order valence-electron chi connectivity index (χ0n) is 14.4. The van der Waals surface area contributed by atoms with Crippen molar-refractivity contribution >= 4 is 11.8 Å². The largest absolute Gasteiger partial charge is 0.476 e. The van der Waals surface area contributed by atoms with E-state index in [0.29, 0.717) is 42.2 Å². The second kappa shape index (κ2) is 9.44. The van der Waals surface area contributed by atoms with Crippen LogP contribution in [0.15, 0.2) is 11.2 Å². The summed E-state index contributed by atoms with van der Waals surface area (Å²) >= 11 is 1.51. The maximum Gasteiger partial charge on any atom is 0.221 e. The van der Waals surface area contributed by atoms with Gasteiger partial charge in [0.1, 0.15) is 13.2 Å². The molecule has 2 atom stereocenters. The summed E-state index contributed by atoms with van der Waals surface area (Å²) < 4.78 is 11.8. The lowest BCUT2D eigenvalue weighted by Crippen LogP contribution is -2.38. The average molecular weight is 353 g/mol. The van der Waals surface area contributed by atoms with Crippen LogP contribution in [-0.2, 0) is 0 Å². The standard InChI is InChI=1S/C17H28N4O2S/c1-24-17-20-15(22-11-13-6-2-4-8-18-13)10-16(21-17)23-12-14-7-3-5-9-19-14/h10,13-14,18-19H,2-9,11-12H2,1H3. The van der Waals surface area contributed by atoms with E-state index in [2.05, 4.69) is 20.6 Å². The van der Waals surface area contributed by atoms with Crippen LogP contribution >= 0.6 is 11.8 Å². The molecular weight excluding hydrogens is 324 g/mol. The molecule has 134 valence electrons. The SMILES string of the molecule is CSc1nc(OCC2CCCCN2)cc(OCC2CCCCN2)n1. The lowest BCUT2D eigenvalue weighted by atomic mass is 10.1. The molecule has 1 aromatic rings. The van der Waals surface area contributed by atoms with Crippen LogP contribution in [0.5, 0.6) is 11.8 Å². The minimum atomic E-state index is 0.419. The normalized spacial score (nSPS) is 24.5. The predicted octanol–water partition coefficient (Wildman–Crippen LogP) is 2.24. The quantitative estimate of drug-likeness (QED) is 0.576. The topological polar surface area (TPSA) is 68.3 Å². The number of nitrogens with zero attached hydrogens (tertiary/aromatic N) is 2. The molecule has 24 heavy (non-hydrogen) atoms. The van der Waals surface area contributed by atoms with Crippen molar-refractivity contribution in [1.82, 2.24) is 20.6 Å². The van der Waals surface area contributed by atoms with Gasteiger partial charge < -0.3 is 20.1 Å². The van der Waals surface area contributed by atoms with Crippen molar-refractivity contribution < 1.29 is 9.47 Å². The van der Waals surface area contributed by atoms with Crippen molar-refractivity contribution in [2.24, 2.45) is 0 Å². The van der Waals surface area contributed by atoms with Crippen LogP contribution in [-0.4, -0.2) is 54.6 Å². The Kier molecular flexibility index (Phi) is 6.98. The summed E-state index contributed by atoms with van der Waals surface area (Å²) in [5.41, 5.74) is 0. The zero-order chi connectivity index (χ0) is 16.6. The maximum atomic E-state index is 5.90. The van der Waals surface area contributed by atoms with Crippen molar-refractivity contribution in [3.8, 4) is 11.8 Å². The van der Waals surface area contributed by atoms with E-state index in [9.17, 15) is 0 Å². The fourth-order valence-corrected chi connectivity index (χ4v) is 3.49. The van der Waals surface area contributed by atoms with Gasteiger partial charge in [-0.1, -0.05) is 24.6 Å². The Bertz CT molecular complexity index is 465. The van der Waals surface area contributed by atoms with E-state index in [0.717, 1.165) is 25.9 Å². The third kappa shape index (κ3) is 5.50. The Morgan fingerprint density at radius 3 is 1.92 bits per heavy atom. The number of nitrogens with one attached hydrogen (secondary N) is 2. The highest BCUT2D eigenvalue weighted by molar-refractivity contribution is 7.98. The van der Waals surface area contributed by atoms with Crippen LogP contribution in [0.25, 0.3) is 0 Å². The first-order valence-corrected chi connectivity index (χ1v) is 10.2. The number of ether oxygens (including phenoxy) is 2. The van der Waals surface area contributed by atoms with E-state index in [1.54, 1.807) is 0 Å². The maximum absolute atomic E-state index is 5.90. The van der Waals surface area contributed by atoms with Crippen molar-refractivity contribution in [1.29, 1.82) is 0 Å². The van der Waals surface area contributed by atoms with Gasteiger partial charge in [-0.2, -0.15) is 9.97 Å². The first-order chi connectivity index (χ1) is 11.8. The minimum absolute atomic E-state index is 0.419. The highest BCUT2D eigenvalue weighted by atomic mass is 32.2. The van der Waals surface area contributed by atoms with Gasteiger partial charge in [0.25, 0.3) is 0 Å². The molecule has 3 heterocycles. The molecule has 0 aliphatic carbocycles. The van der Waals surface area contributed by atoms with Crippen molar-refractivity contribution in [2.45, 2.75) is 55.8 Å². The second-order valence-electron chi connectivity index (χ2n) is 6.45. The van der Waals surface area contributed by atoms with Gasteiger partial charge in [-0.15, -0.1) is 0 Å². The summed E-state index contributed by atoms with van der Waals surface area (Å²) in [6, 6.07) is 2.65. The fourth-order valence-electron chi connectivity index (χ4n) is 3.13. The smallest absolute Gasteiger partial charge is 0.221 e. The Morgan fingerprint density at radius 1 is 0.958 bits per heavy atom. The molecule has 2 N–H and O–H groups in total. The van der Waals surface area contributed by atoms with Gasteiger partial charge in [0.05, 0.1) is 6.07 Å². The molecule has 2 unspecified atom stereocenters. The summed E-state index contributed by atoms with van der Waals surface area (Å²) in [7, 11) is 0. The van der Waals surface area contributed by atoms with Crippen molar-refractivity contribution in [2.75, 3.05) is 32.6 Å².